The number of carboxylic acid groups (broad SMARTS) is 1. The summed E-state index contributed by atoms with van der Waals surface area (Å²) in [5.41, 5.74) is 5.64. The van der Waals surface area contributed by atoms with Gasteiger partial charge >= 0.3 is 5.97 Å². The van der Waals surface area contributed by atoms with Crippen LogP contribution in [0.15, 0.2) is 0 Å². The van der Waals surface area contributed by atoms with E-state index >= 15 is 0 Å². The third-order valence-corrected chi connectivity index (χ3v) is 2.97. The molecule has 3 atom stereocenters. The van der Waals surface area contributed by atoms with Crippen LogP contribution in [-0.4, -0.2) is 42.8 Å². The van der Waals surface area contributed by atoms with Crippen LogP contribution in [0.2, 0.25) is 0 Å². The number of methoxy groups -OCH3 is 1. The van der Waals surface area contributed by atoms with Crippen LogP contribution in [0.4, 0.5) is 0 Å². The van der Waals surface area contributed by atoms with Gasteiger partial charge < -0.3 is 20.9 Å². The number of nitrogens with two attached hydrogens (primary N) is 1. The molecule has 0 rings (SSSR count). The predicted octanol–water partition coefficient (Wildman–Crippen LogP) is 0.746. The van der Waals surface area contributed by atoms with Crippen LogP contribution in [-0.2, 0) is 14.3 Å². The number of ether oxygens (including phenoxy) is 1. The van der Waals surface area contributed by atoms with Gasteiger partial charge in [0.15, 0.2) is 0 Å². The molecule has 0 radical (unpaired) electrons. The van der Waals surface area contributed by atoms with Gasteiger partial charge in [0.05, 0.1) is 0 Å². The van der Waals surface area contributed by atoms with E-state index in [1.807, 2.05) is 6.92 Å². The van der Waals surface area contributed by atoms with Gasteiger partial charge in [0.2, 0.25) is 5.91 Å². The van der Waals surface area contributed by atoms with Crippen molar-refractivity contribution in [1.29, 1.82) is 0 Å². The number of hydrogen-bond acceptors (Lipinski definition) is 4. The first-order valence-corrected chi connectivity index (χ1v) is 6.66. The van der Waals surface area contributed by atoms with E-state index in [0.717, 1.165) is 12.8 Å². The third kappa shape index (κ3) is 8.56. The molecular weight excluding hydrogens is 248 g/mol. The zero-order valence-electron chi connectivity index (χ0n) is 12.0. The molecule has 0 aromatic carbocycles. The molecule has 1 amide bonds. The molecular formula is C13H26N2O4. The zero-order chi connectivity index (χ0) is 14.8. The largest absolute Gasteiger partial charge is 0.480 e. The van der Waals surface area contributed by atoms with Crippen molar-refractivity contribution in [3.05, 3.63) is 0 Å². The summed E-state index contributed by atoms with van der Waals surface area (Å²) in [7, 11) is 1.50. The number of amides is 1. The monoisotopic (exact) mass is 274 g/mol. The van der Waals surface area contributed by atoms with Gasteiger partial charge in [-0.05, 0) is 19.8 Å². The SMILES string of the molecule is COCCC(NC(=O)C(C)CCCC(C)N)C(=O)O. The van der Waals surface area contributed by atoms with E-state index in [0.29, 0.717) is 13.0 Å². The molecule has 0 aliphatic carbocycles. The zero-order valence-corrected chi connectivity index (χ0v) is 12.0. The molecule has 0 aliphatic heterocycles. The minimum atomic E-state index is -1.03. The van der Waals surface area contributed by atoms with Gasteiger partial charge in [-0.15, -0.1) is 0 Å². The molecule has 0 saturated heterocycles. The van der Waals surface area contributed by atoms with Crippen molar-refractivity contribution in [3.63, 3.8) is 0 Å². The van der Waals surface area contributed by atoms with Gasteiger partial charge in [-0.1, -0.05) is 13.3 Å². The third-order valence-electron chi connectivity index (χ3n) is 2.97. The molecule has 0 aromatic heterocycles. The standard InChI is InChI=1S/C13H26N2O4/c1-9(5-4-6-10(2)14)12(16)15-11(13(17)18)7-8-19-3/h9-11H,4-8,14H2,1-3H3,(H,15,16)(H,17,18). The van der Waals surface area contributed by atoms with Crippen molar-refractivity contribution >= 4 is 11.9 Å². The number of carbonyl (C=O) groups excluding carboxylic acids is 1. The van der Waals surface area contributed by atoms with E-state index < -0.39 is 12.0 Å². The van der Waals surface area contributed by atoms with Crippen LogP contribution in [0.3, 0.4) is 0 Å². The van der Waals surface area contributed by atoms with Crippen molar-refractivity contribution in [1.82, 2.24) is 5.32 Å². The van der Waals surface area contributed by atoms with Crippen molar-refractivity contribution in [3.8, 4) is 0 Å². The molecule has 0 aliphatic rings. The number of aliphatic carboxylic acids is 1. The first kappa shape index (κ1) is 17.9. The second-order valence-electron chi connectivity index (χ2n) is 4.99. The quantitative estimate of drug-likeness (QED) is 0.545. The lowest BCUT2D eigenvalue weighted by molar-refractivity contribution is -0.142. The first-order valence-electron chi connectivity index (χ1n) is 6.66. The van der Waals surface area contributed by atoms with E-state index in [9.17, 15) is 9.59 Å². The number of hydrogen-bond donors (Lipinski definition) is 3. The van der Waals surface area contributed by atoms with Crippen molar-refractivity contribution in [2.75, 3.05) is 13.7 Å². The lowest BCUT2D eigenvalue weighted by Gasteiger charge is -2.17. The van der Waals surface area contributed by atoms with Crippen LogP contribution in [0.25, 0.3) is 0 Å². The Morgan fingerprint density at radius 2 is 1.89 bits per heavy atom. The maximum Gasteiger partial charge on any atom is 0.326 e. The molecule has 0 spiro atoms. The summed E-state index contributed by atoms with van der Waals surface area (Å²) < 4.78 is 4.83. The molecule has 6 nitrogen and oxygen atoms in total. The summed E-state index contributed by atoms with van der Waals surface area (Å²) in [5.74, 6) is -1.47. The lowest BCUT2D eigenvalue weighted by Crippen LogP contribution is -2.43. The Kier molecular flexibility index (Phi) is 9.16. The van der Waals surface area contributed by atoms with E-state index in [2.05, 4.69) is 5.32 Å². The molecule has 4 N–H and O–H groups in total. The van der Waals surface area contributed by atoms with Crippen molar-refractivity contribution in [2.45, 2.75) is 51.6 Å². The molecule has 0 bridgehead atoms. The Bertz CT molecular complexity index is 282. The lowest BCUT2D eigenvalue weighted by atomic mass is 10.0. The maximum absolute atomic E-state index is 11.9. The molecule has 0 heterocycles. The Morgan fingerprint density at radius 3 is 2.37 bits per heavy atom. The predicted molar refractivity (Wildman–Crippen MR) is 72.7 cm³/mol. The van der Waals surface area contributed by atoms with Crippen molar-refractivity contribution < 1.29 is 19.4 Å². The number of carboxylic acids is 1. The minimum Gasteiger partial charge on any atom is -0.480 e. The molecule has 0 fully saturated rings. The first-order chi connectivity index (χ1) is 8.88. The van der Waals surface area contributed by atoms with Gasteiger partial charge in [0, 0.05) is 32.1 Å². The van der Waals surface area contributed by atoms with E-state index in [1.165, 1.54) is 7.11 Å². The summed E-state index contributed by atoms with van der Waals surface area (Å²) in [6, 6.07) is -0.757. The summed E-state index contributed by atoms with van der Waals surface area (Å²) >= 11 is 0. The van der Waals surface area contributed by atoms with Crippen LogP contribution < -0.4 is 11.1 Å². The molecule has 19 heavy (non-hydrogen) atoms. The van der Waals surface area contributed by atoms with Crippen LogP contribution >= 0.6 is 0 Å². The van der Waals surface area contributed by atoms with Gasteiger partial charge in [-0.2, -0.15) is 0 Å². The average molecular weight is 274 g/mol. The highest BCUT2D eigenvalue weighted by Gasteiger charge is 2.22. The van der Waals surface area contributed by atoms with Gasteiger partial charge in [-0.25, -0.2) is 4.79 Å². The molecule has 112 valence electrons. The van der Waals surface area contributed by atoms with Crippen LogP contribution in [0.1, 0.15) is 39.5 Å². The molecule has 6 heteroatoms. The number of carbonyl (C=O) groups is 2. The number of rotatable bonds is 10. The van der Waals surface area contributed by atoms with Gasteiger partial charge in [0.1, 0.15) is 6.04 Å². The highest BCUT2D eigenvalue weighted by molar-refractivity contribution is 5.84. The minimum absolute atomic E-state index is 0.128. The van der Waals surface area contributed by atoms with Gasteiger partial charge in [0.25, 0.3) is 0 Å². The average Bonchev–Trinajstić information content (AvgIpc) is 2.33. The smallest absolute Gasteiger partial charge is 0.326 e. The summed E-state index contributed by atoms with van der Waals surface area (Å²) in [6.45, 7) is 4.03. The summed E-state index contributed by atoms with van der Waals surface area (Å²) in [5, 5.41) is 11.5. The normalized spacial score (nSPS) is 15.6. The fourth-order valence-electron chi connectivity index (χ4n) is 1.68. The second kappa shape index (κ2) is 9.75. The Labute approximate surface area is 114 Å². The molecule has 0 saturated carbocycles. The molecule has 3 unspecified atom stereocenters. The Morgan fingerprint density at radius 1 is 1.26 bits per heavy atom. The van der Waals surface area contributed by atoms with E-state index in [-0.39, 0.29) is 24.3 Å². The fraction of sp³-hybridized carbons (Fsp3) is 0.846. The maximum atomic E-state index is 11.9. The Balaban J connectivity index is 4.12. The highest BCUT2D eigenvalue weighted by Crippen LogP contribution is 2.10. The van der Waals surface area contributed by atoms with Crippen molar-refractivity contribution in [2.24, 2.45) is 11.7 Å². The van der Waals surface area contributed by atoms with Crippen LogP contribution in [0, 0.1) is 5.92 Å². The van der Waals surface area contributed by atoms with E-state index in [1.54, 1.807) is 6.92 Å². The van der Waals surface area contributed by atoms with E-state index in [4.69, 9.17) is 15.6 Å². The topological polar surface area (TPSA) is 102 Å². The summed E-state index contributed by atoms with van der Waals surface area (Å²) in [4.78, 5) is 22.8. The highest BCUT2D eigenvalue weighted by atomic mass is 16.5. The Hall–Kier alpha value is -1.14. The van der Waals surface area contributed by atoms with Crippen LogP contribution in [0.5, 0.6) is 0 Å². The fourth-order valence-corrected chi connectivity index (χ4v) is 1.68. The van der Waals surface area contributed by atoms with Gasteiger partial charge in [-0.3, -0.25) is 4.79 Å². The summed E-state index contributed by atoms with van der Waals surface area (Å²) in [6.07, 6.45) is 2.71. The second-order valence-corrected chi connectivity index (χ2v) is 4.99. The molecule has 0 aromatic rings. The number of nitrogens with one attached hydrogen (secondary N) is 1.